The Kier molecular flexibility index (Phi) is 8.19. The van der Waals surface area contributed by atoms with Gasteiger partial charge in [0.05, 0.1) is 6.42 Å². The van der Waals surface area contributed by atoms with Gasteiger partial charge in [0.15, 0.2) is 0 Å². The van der Waals surface area contributed by atoms with Crippen molar-refractivity contribution in [1.29, 1.82) is 0 Å². The number of unbranched alkanes of at least 4 members (excludes halogenated alkanes) is 1. The van der Waals surface area contributed by atoms with E-state index in [0.717, 1.165) is 19.3 Å². The van der Waals surface area contributed by atoms with Crippen LogP contribution in [-0.2, 0) is 4.79 Å². The van der Waals surface area contributed by atoms with E-state index in [1.165, 1.54) is 4.90 Å². The fraction of sp³-hybridized carbons (Fsp3) is 0.833. The number of rotatable bonds is 8. The number of aliphatic carboxylic acids is 1. The van der Waals surface area contributed by atoms with Crippen LogP contribution < -0.4 is 5.32 Å². The van der Waals surface area contributed by atoms with Crippen LogP contribution in [0.1, 0.15) is 46.5 Å². The van der Waals surface area contributed by atoms with Gasteiger partial charge >= 0.3 is 12.0 Å². The maximum atomic E-state index is 11.8. The van der Waals surface area contributed by atoms with Crippen LogP contribution in [0.25, 0.3) is 0 Å². The molecule has 0 aliphatic heterocycles. The highest BCUT2D eigenvalue weighted by molar-refractivity contribution is 5.75. The fourth-order valence-electron chi connectivity index (χ4n) is 1.52. The van der Waals surface area contributed by atoms with Crippen molar-refractivity contribution in [2.45, 2.75) is 52.5 Å². The Morgan fingerprint density at radius 3 is 2.47 bits per heavy atom. The lowest BCUT2D eigenvalue weighted by molar-refractivity contribution is -0.137. The van der Waals surface area contributed by atoms with E-state index in [9.17, 15) is 9.59 Å². The lowest BCUT2D eigenvalue weighted by Gasteiger charge is -2.23. The van der Waals surface area contributed by atoms with E-state index in [1.54, 1.807) is 0 Å². The molecule has 0 fully saturated rings. The van der Waals surface area contributed by atoms with Crippen LogP contribution in [0.4, 0.5) is 4.79 Å². The number of carbonyl (C=O) groups excluding carboxylic acids is 1. The maximum absolute atomic E-state index is 11.8. The van der Waals surface area contributed by atoms with Gasteiger partial charge in [0.2, 0.25) is 0 Å². The number of hydrogen-bond acceptors (Lipinski definition) is 2. The molecule has 0 aromatic carbocycles. The zero-order valence-corrected chi connectivity index (χ0v) is 11.0. The number of nitrogens with zero attached hydrogens (tertiary/aromatic N) is 1. The number of carbonyl (C=O) groups is 2. The fourth-order valence-corrected chi connectivity index (χ4v) is 1.52. The summed E-state index contributed by atoms with van der Waals surface area (Å²) >= 11 is 0. The molecule has 0 spiro atoms. The Bertz CT molecular complexity index is 244. The van der Waals surface area contributed by atoms with Crippen molar-refractivity contribution in [3.63, 3.8) is 0 Å². The third-order valence-electron chi connectivity index (χ3n) is 2.63. The molecular formula is C12H24N2O3. The van der Waals surface area contributed by atoms with Crippen molar-refractivity contribution in [2.75, 3.05) is 13.1 Å². The highest BCUT2D eigenvalue weighted by atomic mass is 16.4. The molecular weight excluding hydrogens is 220 g/mol. The normalized spacial score (nSPS) is 11.9. The maximum Gasteiger partial charge on any atom is 0.317 e. The largest absolute Gasteiger partial charge is 0.481 e. The summed E-state index contributed by atoms with van der Waals surface area (Å²) in [7, 11) is 0. The van der Waals surface area contributed by atoms with Gasteiger partial charge in [-0.15, -0.1) is 0 Å². The van der Waals surface area contributed by atoms with Gasteiger partial charge in [0.25, 0.3) is 0 Å². The van der Waals surface area contributed by atoms with Gasteiger partial charge in [-0.05, 0) is 20.3 Å². The first-order valence-electron chi connectivity index (χ1n) is 6.28. The SMILES string of the molecule is CCCCC(C)NC(=O)N(CC)CCC(=O)O. The number of amides is 2. The van der Waals surface area contributed by atoms with Crippen molar-refractivity contribution in [3.8, 4) is 0 Å². The van der Waals surface area contributed by atoms with E-state index in [1.807, 2.05) is 13.8 Å². The monoisotopic (exact) mass is 244 g/mol. The molecule has 17 heavy (non-hydrogen) atoms. The minimum atomic E-state index is -0.879. The smallest absolute Gasteiger partial charge is 0.317 e. The third-order valence-corrected chi connectivity index (χ3v) is 2.63. The van der Waals surface area contributed by atoms with Gasteiger partial charge in [0, 0.05) is 19.1 Å². The average Bonchev–Trinajstić information content (AvgIpc) is 2.26. The second kappa shape index (κ2) is 8.84. The molecule has 0 bridgehead atoms. The predicted octanol–water partition coefficient (Wildman–Crippen LogP) is 2.07. The summed E-state index contributed by atoms with van der Waals surface area (Å²) in [4.78, 5) is 23.8. The van der Waals surface area contributed by atoms with Gasteiger partial charge in [-0.2, -0.15) is 0 Å². The van der Waals surface area contributed by atoms with Gasteiger partial charge in [0.1, 0.15) is 0 Å². The van der Waals surface area contributed by atoms with Gasteiger partial charge in [-0.1, -0.05) is 19.8 Å². The third kappa shape index (κ3) is 7.60. The van der Waals surface area contributed by atoms with E-state index in [4.69, 9.17) is 5.11 Å². The molecule has 1 unspecified atom stereocenters. The van der Waals surface area contributed by atoms with Crippen molar-refractivity contribution >= 4 is 12.0 Å². The van der Waals surface area contributed by atoms with E-state index in [2.05, 4.69) is 12.2 Å². The minimum Gasteiger partial charge on any atom is -0.481 e. The number of nitrogens with one attached hydrogen (secondary N) is 1. The summed E-state index contributed by atoms with van der Waals surface area (Å²) in [6.45, 7) is 6.72. The summed E-state index contributed by atoms with van der Waals surface area (Å²) in [6.07, 6.45) is 3.14. The first-order chi connectivity index (χ1) is 8.01. The van der Waals surface area contributed by atoms with Crippen molar-refractivity contribution in [2.24, 2.45) is 0 Å². The second-order valence-corrected chi connectivity index (χ2v) is 4.22. The topological polar surface area (TPSA) is 69.6 Å². The Hall–Kier alpha value is -1.26. The van der Waals surface area contributed by atoms with Crippen LogP contribution in [-0.4, -0.2) is 41.1 Å². The molecule has 0 saturated carbocycles. The van der Waals surface area contributed by atoms with Crippen LogP contribution in [0.3, 0.4) is 0 Å². The first-order valence-corrected chi connectivity index (χ1v) is 6.28. The standard InChI is InChI=1S/C12H24N2O3/c1-4-6-7-10(3)13-12(17)14(5-2)9-8-11(15)16/h10H,4-9H2,1-3H3,(H,13,17)(H,15,16). The summed E-state index contributed by atoms with van der Waals surface area (Å²) < 4.78 is 0. The molecule has 2 N–H and O–H groups in total. The number of carboxylic acids is 1. The van der Waals surface area contributed by atoms with E-state index < -0.39 is 5.97 Å². The molecule has 0 heterocycles. The zero-order chi connectivity index (χ0) is 13.3. The predicted molar refractivity (Wildman–Crippen MR) is 67.0 cm³/mol. The highest BCUT2D eigenvalue weighted by Crippen LogP contribution is 2.01. The van der Waals surface area contributed by atoms with E-state index >= 15 is 0 Å². The Labute approximate surface area is 103 Å². The van der Waals surface area contributed by atoms with E-state index in [0.29, 0.717) is 6.54 Å². The molecule has 0 rings (SSSR count). The Balaban J connectivity index is 4.02. The van der Waals surface area contributed by atoms with Gasteiger partial charge < -0.3 is 15.3 Å². The van der Waals surface area contributed by atoms with Crippen molar-refractivity contribution in [1.82, 2.24) is 10.2 Å². The molecule has 1 atom stereocenters. The first kappa shape index (κ1) is 15.7. The number of carboxylic acid groups (broad SMARTS) is 1. The van der Waals surface area contributed by atoms with Gasteiger partial charge in [-0.25, -0.2) is 4.79 Å². The Morgan fingerprint density at radius 1 is 1.35 bits per heavy atom. The van der Waals surface area contributed by atoms with Gasteiger partial charge in [-0.3, -0.25) is 4.79 Å². The summed E-state index contributed by atoms with van der Waals surface area (Å²) in [6, 6.07) is -0.0290. The molecule has 2 amide bonds. The molecule has 0 aromatic heterocycles. The summed E-state index contributed by atoms with van der Waals surface area (Å²) in [5, 5.41) is 11.5. The molecule has 0 radical (unpaired) electrons. The summed E-state index contributed by atoms with van der Waals surface area (Å²) in [5.41, 5.74) is 0. The van der Waals surface area contributed by atoms with Crippen LogP contribution in [0.15, 0.2) is 0 Å². The second-order valence-electron chi connectivity index (χ2n) is 4.22. The zero-order valence-electron chi connectivity index (χ0n) is 11.0. The van der Waals surface area contributed by atoms with Crippen molar-refractivity contribution < 1.29 is 14.7 Å². The molecule has 0 aliphatic rings. The molecule has 0 aromatic rings. The minimum absolute atomic E-state index is 0.00932. The highest BCUT2D eigenvalue weighted by Gasteiger charge is 2.14. The lowest BCUT2D eigenvalue weighted by Crippen LogP contribution is -2.44. The molecule has 5 nitrogen and oxygen atoms in total. The lowest BCUT2D eigenvalue weighted by atomic mass is 10.1. The Morgan fingerprint density at radius 2 is 2.00 bits per heavy atom. The van der Waals surface area contributed by atoms with E-state index in [-0.39, 0.29) is 25.0 Å². The molecule has 0 saturated heterocycles. The quantitative estimate of drug-likeness (QED) is 0.686. The molecule has 0 aliphatic carbocycles. The molecule has 100 valence electrons. The number of hydrogen-bond donors (Lipinski definition) is 2. The number of urea groups is 1. The molecule has 5 heteroatoms. The summed E-state index contributed by atoms with van der Waals surface area (Å²) in [5.74, 6) is -0.879. The van der Waals surface area contributed by atoms with Crippen molar-refractivity contribution in [3.05, 3.63) is 0 Å². The van der Waals surface area contributed by atoms with Crippen LogP contribution in [0.2, 0.25) is 0 Å². The van der Waals surface area contributed by atoms with Crippen LogP contribution in [0, 0.1) is 0 Å². The average molecular weight is 244 g/mol. The van der Waals surface area contributed by atoms with Crippen LogP contribution in [0.5, 0.6) is 0 Å². The van der Waals surface area contributed by atoms with Crippen LogP contribution >= 0.6 is 0 Å².